The van der Waals surface area contributed by atoms with Crippen molar-refractivity contribution < 1.29 is 9.59 Å². The van der Waals surface area contributed by atoms with Crippen molar-refractivity contribution in [2.45, 2.75) is 40.0 Å². The number of rotatable bonds is 7. The van der Waals surface area contributed by atoms with Crippen LogP contribution in [0.4, 0.5) is 5.69 Å². The second kappa shape index (κ2) is 10.0. The molecule has 1 aliphatic rings. The lowest BCUT2D eigenvalue weighted by atomic mass is 10.1. The number of amides is 2. The van der Waals surface area contributed by atoms with Gasteiger partial charge in [-0.25, -0.2) is 0 Å². The first-order valence-corrected chi connectivity index (χ1v) is 11.3. The maximum atomic E-state index is 12.8. The number of hydrogen-bond donors (Lipinski definition) is 1. The van der Waals surface area contributed by atoms with Crippen LogP contribution in [0.1, 0.15) is 45.9 Å². The van der Waals surface area contributed by atoms with Gasteiger partial charge in [0, 0.05) is 36.7 Å². The predicted molar refractivity (Wildman–Crippen MR) is 120 cm³/mol. The van der Waals surface area contributed by atoms with Gasteiger partial charge in [-0.2, -0.15) is 0 Å². The number of aryl methyl sites for hydroxylation is 3. The number of anilines is 1. The zero-order valence-electron chi connectivity index (χ0n) is 17.7. The summed E-state index contributed by atoms with van der Waals surface area (Å²) in [6, 6.07) is 9.99. The minimum absolute atomic E-state index is 0.00349. The molecule has 2 heterocycles. The summed E-state index contributed by atoms with van der Waals surface area (Å²) < 4.78 is 0. The molecule has 0 aliphatic carbocycles. The number of nitrogens with one attached hydrogen (secondary N) is 1. The largest absolute Gasteiger partial charge is 0.335 e. The molecule has 0 saturated carbocycles. The Morgan fingerprint density at radius 2 is 1.79 bits per heavy atom. The van der Waals surface area contributed by atoms with Crippen molar-refractivity contribution in [1.29, 1.82) is 0 Å². The van der Waals surface area contributed by atoms with E-state index in [9.17, 15) is 9.59 Å². The molecule has 5 nitrogen and oxygen atoms in total. The number of piperazine rings is 1. The Bertz CT molecular complexity index is 854. The van der Waals surface area contributed by atoms with Gasteiger partial charge in [-0.15, -0.1) is 11.3 Å². The van der Waals surface area contributed by atoms with E-state index >= 15 is 0 Å². The average Bonchev–Trinajstić information content (AvgIpc) is 3.09. The van der Waals surface area contributed by atoms with Crippen molar-refractivity contribution in [3.05, 3.63) is 51.2 Å². The number of para-hydroxylation sites is 1. The maximum absolute atomic E-state index is 12.8. The topological polar surface area (TPSA) is 52.7 Å². The molecule has 0 unspecified atom stereocenters. The third-order valence-electron chi connectivity index (χ3n) is 5.45. The molecule has 29 heavy (non-hydrogen) atoms. The quantitative estimate of drug-likeness (QED) is 0.747. The molecular formula is C23H31N3O2S. The Kier molecular flexibility index (Phi) is 7.45. The first-order chi connectivity index (χ1) is 14.0. The summed E-state index contributed by atoms with van der Waals surface area (Å²) in [6.45, 7) is 9.48. The summed E-state index contributed by atoms with van der Waals surface area (Å²) in [7, 11) is 0. The molecule has 3 rings (SSSR count). The van der Waals surface area contributed by atoms with Crippen LogP contribution < -0.4 is 5.32 Å². The van der Waals surface area contributed by atoms with Crippen LogP contribution in [0.3, 0.4) is 0 Å². The first-order valence-electron chi connectivity index (χ1n) is 10.5. The Morgan fingerprint density at radius 1 is 1.07 bits per heavy atom. The molecule has 0 spiro atoms. The lowest BCUT2D eigenvalue weighted by Gasteiger charge is -2.34. The lowest BCUT2D eigenvalue weighted by Crippen LogP contribution is -2.50. The molecule has 1 saturated heterocycles. The second-order valence-corrected chi connectivity index (χ2v) is 8.83. The molecule has 2 amide bonds. The first kappa shape index (κ1) is 21.5. The van der Waals surface area contributed by atoms with Gasteiger partial charge in [0.15, 0.2) is 0 Å². The normalized spacial score (nSPS) is 14.8. The van der Waals surface area contributed by atoms with Crippen LogP contribution in [0.2, 0.25) is 0 Å². The molecule has 156 valence electrons. The molecule has 1 N–H and O–H groups in total. The van der Waals surface area contributed by atoms with Crippen molar-refractivity contribution in [3.8, 4) is 0 Å². The Labute approximate surface area is 177 Å². The Morgan fingerprint density at radius 3 is 2.48 bits per heavy atom. The van der Waals surface area contributed by atoms with Gasteiger partial charge < -0.3 is 10.2 Å². The Hall–Kier alpha value is -2.18. The zero-order valence-corrected chi connectivity index (χ0v) is 18.5. The van der Waals surface area contributed by atoms with Gasteiger partial charge in [0.1, 0.15) is 0 Å². The van der Waals surface area contributed by atoms with E-state index in [1.807, 2.05) is 29.2 Å². The SMILES string of the molecule is CCCc1cc(C(=O)N2CCN(CC(=O)Nc3ccccc3CC)CC2)sc1C. The third-order valence-corrected chi connectivity index (χ3v) is 6.53. The molecule has 1 aromatic heterocycles. The fraction of sp³-hybridized carbons (Fsp3) is 0.478. The van der Waals surface area contributed by atoms with Gasteiger partial charge >= 0.3 is 0 Å². The van der Waals surface area contributed by atoms with Crippen molar-refractivity contribution in [2.24, 2.45) is 0 Å². The van der Waals surface area contributed by atoms with E-state index < -0.39 is 0 Å². The smallest absolute Gasteiger partial charge is 0.264 e. The van der Waals surface area contributed by atoms with Gasteiger partial charge in [0.25, 0.3) is 5.91 Å². The third kappa shape index (κ3) is 5.46. The molecular weight excluding hydrogens is 382 g/mol. The van der Waals surface area contributed by atoms with E-state index in [0.29, 0.717) is 19.6 Å². The molecule has 6 heteroatoms. The summed E-state index contributed by atoms with van der Waals surface area (Å²) >= 11 is 1.60. The summed E-state index contributed by atoms with van der Waals surface area (Å²) in [4.78, 5) is 31.4. The highest BCUT2D eigenvalue weighted by atomic mass is 32.1. The summed E-state index contributed by atoms with van der Waals surface area (Å²) in [5.74, 6) is 0.130. The second-order valence-electron chi connectivity index (χ2n) is 7.57. The number of carbonyl (C=O) groups excluding carboxylic acids is 2. The van der Waals surface area contributed by atoms with Crippen LogP contribution in [0.5, 0.6) is 0 Å². The van der Waals surface area contributed by atoms with Crippen LogP contribution in [-0.4, -0.2) is 54.3 Å². The van der Waals surface area contributed by atoms with Crippen LogP contribution in [0.15, 0.2) is 30.3 Å². The fourth-order valence-electron chi connectivity index (χ4n) is 3.75. The summed E-state index contributed by atoms with van der Waals surface area (Å²) in [6.07, 6.45) is 3.01. The van der Waals surface area contributed by atoms with Crippen molar-refractivity contribution in [3.63, 3.8) is 0 Å². The Balaban J connectivity index is 1.50. The monoisotopic (exact) mass is 413 g/mol. The predicted octanol–water partition coefficient (Wildman–Crippen LogP) is 3.97. The van der Waals surface area contributed by atoms with Crippen LogP contribution in [-0.2, 0) is 17.6 Å². The van der Waals surface area contributed by atoms with Crippen LogP contribution in [0, 0.1) is 6.92 Å². The molecule has 1 aromatic carbocycles. The molecule has 1 aliphatic heterocycles. The molecule has 0 radical (unpaired) electrons. The van der Waals surface area contributed by atoms with Gasteiger partial charge in [0.05, 0.1) is 11.4 Å². The van der Waals surface area contributed by atoms with E-state index in [0.717, 1.165) is 48.5 Å². The van der Waals surface area contributed by atoms with E-state index in [4.69, 9.17) is 0 Å². The lowest BCUT2D eigenvalue weighted by molar-refractivity contribution is -0.117. The van der Waals surface area contributed by atoms with Gasteiger partial charge in [-0.3, -0.25) is 14.5 Å². The minimum atomic E-state index is 0.00349. The zero-order chi connectivity index (χ0) is 20.8. The van der Waals surface area contributed by atoms with Crippen molar-refractivity contribution in [1.82, 2.24) is 9.80 Å². The standard InChI is InChI=1S/C23H31N3O2S/c1-4-8-19-15-21(29-17(19)3)23(28)26-13-11-25(12-14-26)16-22(27)24-20-10-7-6-9-18(20)5-2/h6-7,9-10,15H,4-5,8,11-14,16H2,1-3H3,(H,24,27). The number of carbonyl (C=O) groups is 2. The highest BCUT2D eigenvalue weighted by Gasteiger charge is 2.25. The number of hydrogen-bond acceptors (Lipinski definition) is 4. The number of nitrogens with zero attached hydrogens (tertiary/aromatic N) is 2. The van der Waals surface area contributed by atoms with Gasteiger partial charge in [0.2, 0.25) is 5.91 Å². The highest BCUT2D eigenvalue weighted by molar-refractivity contribution is 7.14. The minimum Gasteiger partial charge on any atom is -0.335 e. The van der Waals surface area contributed by atoms with Gasteiger partial charge in [-0.1, -0.05) is 38.5 Å². The summed E-state index contributed by atoms with van der Waals surface area (Å²) in [5.41, 5.74) is 3.33. The highest BCUT2D eigenvalue weighted by Crippen LogP contribution is 2.24. The fourth-order valence-corrected chi connectivity index (χ4v) is 4.79. The average molecular weight is 414 g/mol. The van der Waals surface area contributed by atoms with E-state index in [-0.39, 0.29) is 11.8 Å². The number of thiophene rings is 1. The van der Waals surface area contributed by atoms with Crippen LogP contribution >= 0.6 is 11.3 Å². The van der Waals surface area contributed by atoms with Crippen molar-refractivity contribution >= 4 is 28.8 Å². The van der Waals surface area contributed by atoms with Gasteiger partial charge in [-0.05, 0) is 43.0 Å². The van der Waals surface area contributed by atoms with Crippen LogP contribution in [0.25, 0.3) is 0 Å². The maximum Gasteiger partial charge on any atom is 0.264 e. The summed E-state index contributed by atoms with van der Waals surface area (Å²) in [5, 5.41) is 3.03. The molecule has 0 atom stereocenters. The van der Waals surface area contributed by atoms with E-state index in [1.54, 1.807) is 11.3 Å². The molecule has 0 bridgehead atoms. The molecule has 1 fully saturated rings. The molecule has 2 aromatic rings. The number of benzene rings is 1. The van der Waals surface area contributed by atoms with E-state index in [2.05, 4.69) is 37.1 Å². The van der Waals surface area contributed by atoms with E-state index in [1.165, 1.54) is 10.4 Å². The van der Waals surface area contributed by atoms with Crippen molar-refractivity contribution in [2.75, 3.05) is 38.0 Å².